The molecule has 9 heavy (non-hydrogen) atoms. The molecule has 0 amide bonds. The Kier molecular flexibility index (Phi) is 18.7. The van der Waals surface area contributed by atoms with Crippen LogP contribution in [-0.4, -0.2) is 0 Å². The first-order valence-corrected chi connectivity index (χ1v) is 2.21. The van der Waals surface area contributed by atoms with Crippen LogP contribution in [0.25, 0.3) is 0 Å². The maximum Gasteiger partial charge on any atom is 0.0905 e. The highest BCUT2D eigenvalue weighted by atomic mass is 16.5. The minimum absolute atomic E-state index is 1.18. The van der Waals surface area contributed by atoms with Crippen LogP contribution in [0, 0.1) is 11.3 Å². The number of hydrogen-bond acceptors (Lipinski definition) is 2. The number of nitrogens with zero attached hydrogens (tertiary/aromatic N) is 1. The van der Waals surface area contributed by atoms with Crippen LogP contribution in [-0.2, 0) is 4.74 Å². The molecule has 0 heterocycles. The predicted molar refractivity (Wildman–Crippen MR) is 37.3 cm³/mol. The maximum atomic E-state index is 7.51. The summed E-state index contributed by atoms with van der Waals surface area (Å²) >= 11 is 0. The summed E-state index contributed by atoms with van der Waals surface area (Å²) in [5, 5.41) is 7.51. The van der Waals surface area contributed by atoms with Gasteiger partial charge in [0.25, 0.3) is 0 Å². The van der Waals surface area contributed by atoms with E-state index < -0.39 is 0 Å². The van der Waals surface area contributed by atoms with E-state index in [0.717, 1.165) is 0 Å². The second-order valence-corrected chi connectivity index (χ2v) is 0.803. The fraction of sp³-hybridized carbons (Fsp3) is 0. The average molecular weight is 123 g/mol. The van der Waals surface area contributed by atoms with Crippen LogP contribution in [0.15, 0.2) is 38.3 Å². The van der Waals surface area contributed by atoms with Crippen LogP contribution in [0.5, 0.6) is 0 Å². The van der Waals surface area contributed by atoms with Gasteiger partial charge in [-0.25, -0.2) is 0 Å². The van der Waals surface area contributed by atoms with Crippen molar-refractivity contribution in [3.05, 3.63) is 38.3 Å². The first-order valence-electron chi connectivity index (χ1n) is 2.21. The molecule has 0 aliphatic carbocycles. The van der Waals surface area contributed by atoms with Crippen molar-refractivity contribution in [2.45, 2.75) is 0 Å². The van der Waals surface area contributed by atoms with Crippen LogP contribution in [0.4, 0.5) is 0 Å². The van der Waals surface area contributed by atoms with Crippen LogP contribution in [0.1, 0.15) is 0 Å². The fourth-order valence-electron chi connectivity index (χ4n) is 0.0680. The highest BCUT2D eigenvalue weighted by Crippen LogP contribution is 1.65. The van der Waals surface area contributed by atoms with E-state index in [-0.39, 0.29) is 0 Å². The lowest BCUT2D eigenvalue weighted by molar-refractivity contribution is 0.406. The standard InChI is InChI=1S/C4H6O.C3H3N/c1-3-5-4-2;1-2-3-4/h3-4H,1-2H2;2H,1H2. The van der Waals surface area contributed by atoms with Crippen molar-refractivity contribution in [1.82, 2.24) is 0 Å². The molecule has 0 saturated heterocycles. The lowest BCUT2D eigenvalue weighted by Gasteiger charge is -1.76. The summed E-state index contributed by atoms with van der Waals surface area (Å²) in [6.07, 6.45) is 3.81. The topological polar surface area (TPSA) is 33.0 Å². The molecule has 2 nitrogen and oxygen atoms in total. The van der Waals surface area contributed by atoms with Gasteiger partial charge in [0.15, 0.2) is 0 Å². The molecule has 0 unspecified atom stereocenters. The quantitative estimate of drug-likeness (QED) is 0.415. The number of hydrogen-bond donors (Lipinski definition) is 0. The van der Waals surface area contributed by atoms with E-state index in [1.807, 2.05) is 0 Å². The van der Waals surface area contributed by atoms with Gasteiger partial charge in [-0.15, -0.1) is 0 Å². The summed E-state index contributed by atoms with van der Waals surface area (Å²) in [6, 6.07) is 1.69. The molecule has 0 N–H and O–H groups in total. The highest BCUT2D eigenvalue weighted by Gasteiger charge is 1.45. The summed E-state index contributed by atoms with van der Waals surface area (Å²) in [5.74, 6) is 0. The van der Waals surface area contributed by atoms with Crippen LogP contribution >= 0.6 is 0 Å². The molecule has 0 fully saturated rings. The van der Waals surface area contributed by atoms with Gasteiger partial charge >= 0.3 is 0 Å². The monoisotopic (exact) mass is 123 g/mol. The van der Waals surface area contributed by atoms with Crippen molar-refractivity contribution in [3.8, 4) is 6.07 Å². The molecule has 0 bridgehead atoms. The molecule has 0 aromatic heterocycles. The Morgan fingerprint density at radius 2 is 1.56 bits per heavy atom. The largest absolute Gasteiger partial charge is 0.474 e. The van der Waals surface area contributed by atoms with Gasteiger partial charge in [0.05, 0.1) is 18.6 Å². The van der Waals surface area contributed by atoms with E-state index >= 15 is 0 Å². The second-order valence-electron chi connectivity index (χ2n) is 0.803. The highest BCUT2D eigenvalue weighted by molar-refractivity contribution is 4.93. The van der Waals surface area contributed by atoms with Gasteiger partial charge in [0.1, 0.15) is 0 Å². The Bertz CT molecular complexity index is 115. The summed E-state index contributed by atoms with van der Waals surface area (Å²) in [7, 11) is 0. The third kappa shape index (κ3) is 58.1. The lowest BCUT2D eigenvalue weighted by atomic mass is 10.8. The molecule has 0 atom stereocenters. The first-order chi connectivity index (χ1) is 4.33. The molecular formula is C7H9NO. The van der Waals surface area contributed by atoms with Gasteiger partial charge in [0.2, 0.25) is 0 Å². The fourth-order valence-corrected chi connectivity index (χ4v) is 0.0680. The Balaban J connectivity index is 0. The van der Waals surface area contributed by atoms with E-state index in [1.165, 1.54) is 18.6 Å². The minimum atomic E-state index is 1.18. The molecular weight excluding hydrogens is 114 g/mol. The van der Waals surface area contributed by atoms with Crippen molar-refractivity contribution in [3.63, 3.8) is 0 Å². The molecule has 48 valence electrons. The average Bonchev–Trinajstić information content (AvgIpc) is 1.91. The summed E-state index contributed by atoms with van der Waals surface area (Å²) in [4.78, 5) is 0. The maximum absolute atomic E-state index is 7.51. The van der Waals surface area contributed by atoms with Crippen LogP contribution in [0.3, 0.4) is 0 Å². The molecule has 0 radical (unpaired) electrons. The number of allylic oxidation sites excluding steroid dienone is 1. The van der Waals surface area contributed by atoms with Crippen molar-refractivity contribution in [2.75, 3.05) is 0 Å². The molecule has 2 heteroatoms. The predicted octanol–water partition coefficient (Wildman–Crippen LogP) is 1.99. The van der Waals surface area contributed by atoms with E-state index in [2.05, 4.69) is 24.5 Å². The lowest BCUT2D eigenvalue weighted by Crippen LogP contribution is -1.52. The second kappa shape index (κ2) is 16.0. The van der Waals surface area contributed by atoms with Crippen molar-refractivity contribution in [1.29, 1.82) is 5.26 Å². The van der Waals surface area contributed by atoms with Gasteiger partial charge in [-0.3, -0.25) is 0 Å². The van der Waals surface area contributed by atoms with Gasteiger partial charge in [-0.1, -0.05) is 19.7 Å². The summed E-state index contributed by atoms with van der Waals surface area (Å²) in [6.45, 7) is 9.63. The van der Waals surface area contributed by atoms with Gasteiger partial charge in [-0.2, -0.15) is 5.26 Å². The van der Waals surface area contributed by atoms with Gasteiger partial charge in [0, 0.05) is 6.08 Å². The number of ether oxygens (including phenoxy) is 1. The van der Waals surface area contributed by atoms with E-state index in [4.69, 9.17) is 5.26 Å². The van der Waals surface area contributed by atoms with Crippen LogP contribution < -0.4 is 0 Å². The van der Waals surface area contributed by atoms with Crippen molar-refractivity contribution in [2.24, 2.45) is 0 Å². The number of rotatable bonds is 2. The molecule has 0 aliphatic rings. The molecule has 0 rings (SSSR count). The molecule has 0 aliphatic heterocycles. The molecule has 0 spiro atoms. The molecule has 0 aromatic carbocycles. The smallest absolute Gasteiger partial charge is 0.0905 e. The third-order valence-electron chi connectivity index (χ3n) is 0.284. The zero-order valence-electron chi connectivity index (χ0n) is 5.21. The van der Waals surface area contributed by atoms with Crippen molar-refractivity contribution < 1.29 is 4.74 Å². The van der Waals surface area contributed by atoms with Crippen molar-refractivity contribution >= 4 is 0 Å². The summed E-state index contributed by atoms with van der Waals surface area (Å²) in [5.41, 5.74) is 0. The Hall–Kier alpha value is -1.49. The van der Waals surface area contributed by atoms with Crippen LogP contribution in [0.2, 0.25) is 0 Å². The first kappa shape index (κ1) is 10.5. The third-order valence-corrected chi connectivity index (χ3v) is 0.284. The SMILES string of the molecule is C=CC#N.C=COC=C. The molecule has 0 aromatic rings. The van der Waals surface area contributed by atoms with E-state index in [9.17, 15) is 0 Å². The van der Waals surface area contributed by atoms with E-state index in [0.29, 0.717) is 0 Å². The normalized spacial score (nSPS) is 4.78. The summed E-state index contributed by atoms with van der Waals surface area (Å²) < 4.78 is 4.36. The molecule has 0 saturated carbocycles. The van der Waals surface area contributed by atoms with E-state index in [1.54, 1.807) is 6.07 Å². The Labute approximate surface area is 55.4 Å². The Morgan fingerprint density at radius 3 is 1.56 bits per heavy atom. The van der Waals surface area contributed by atoms with Gasteiger partial charge < -0.3 is 4.74 Å². The Morgan fingerprint density at radius 1 is 1.22 bits per heavy atom. The minimum Gasteiger partial charge on any atom is -0.474 e. The zero-order valence-corrected chi connectivity index (χ0v) is 5.21. The number of nitriles is 1. The zero-order chi connectivity index (χ0) is 7.54. The van der Waals surface area contributed by atoms with Gasteiger partial charge in [-0.05, 0) is 0 Å².